The average molecular weight is 346 g/mol. The molecular formula is C18H22N2O5. The maximum atomic E-state index is 12.6. The zero-order valence-electron chi connectivity index (χ0n) is 14.6. The monoisotopic (exact) mass is 346 g/mol. The van der Waals surface area contributed by atoms with Crippen LogP contribution in [-0.2, 0) is 14.9 Å². The van der Waals surface area contributed by atoms with Crippen molar-refractivity contribution in [2.45, 2.75) is 44.6 Å². The van der Waals surface area contributed by atoms with Crippen molar-refractivity contribution in [1.82, 2.24) is 4.90 Å². The van der Waals surface area contributed by atoms with Crippen LogP contribution in [0.15, 0.2) is 18.2 Å². The van der Waals surface area contributed by atoms with Gasteiger partial charge in [-0.15, -0.1) is 0 Å². The summed E-state index contributed by atoms with van der Waals surface area (Å²) < 4.78 is 5.38. The summed E-state index contributed by atoms with van der Waals surface area (Å²) in [5, 5.41) is 12.1. The average Bonchev–Trinajstić information content (AvgIpc) is 2.78. The van der Waals surface area contributed by atoms with Gasteiger partial charge < -0.3 is 20.1 Å². The van der Waals surface area contributed by atoms with E-state index in [0.29, 0.717) is 37.2 Å². The van der Waals surface area contributed by atoms with E-state index in [-0.39, 0.29) is 17.6 Å². The van der Waals surface area contributed by atoms with Crippen molar-refractivity contribution in [3.05, 3.63) is 29.3 Å². The maximum absolute atomic E-state index is 12.6. The van der Waals surface area contributed by atoms with Crippen LogP contribution in [-0.4, -0.2) is 46.7 Å². The van der Waals surface area contributed by atoms with Gasteiger partial charge in [0.1, 0.15) is 5.60 Å². The molecule has 0 bridgehead atoms. The standard InChI is InChI=1S/C18H22N2O5/c1-17(2,3)25-16(24)20-8-6-18(7-9-20)12-10-11(14(21)22)4-5-13(12)19-15(18)23/h4-5,10H,6-9H2,1-3H3,(H,19,23)(H,21,22). The number of rotatable bonds is 1. The number of nitrogens with one attached hydrogen (secondary N) is 1. The lowest BCUT2D eigenvalue weighted by molar-refractivity contribution is -0.122. The lowest BCUT2D eigenvalue weighted by Crippen LogP contribution is -2.49. The highest BCUT2D eigenvalue weighted by atomic mass is 16.6. The number of aromatic carboxylic acids is 1. The van der Waals surface area contributed by atoms with Crippen LogP contribution in [0.3, 0.4) is 0 Å². The van der Waals surface area contributed by atoms with Crippen LogP contribution in [0.2, 0.25) is 0 Å². The molecule has 1 spiro atoms. The summed E-state index contributed by atoms with van der Waals surface area (Å²) in [6, 6.07) is 4.68. The number of carboxylic acid groups (broad SMARTS) is 1. The number of ether oxygens (including phenoxy) is 1. The molecule has 0 aromatic heterocycles. The van der Waals surface area contributed by atoms with E-state index in [0.717, 1.165) is 0 Å². The molecule has 0 atom stereocenters. The zero-order valence-corrected chi connectivity index (χ0v) is 14.6. The Morgan fingerprint density at radius 2 is 1.88 bits per heavy atom. The predicted molar refractivity (Wildman–Crippen MR) is 90.8 cm³/mol. The largest absolute Gasteiger partial charge is 0.478 e. The van der Waals surface area contributed by atoms with Crippen molar-refractivity contribution >= 4 is 23.7 Å². The van der Waals surface area contributed by atoms with Gasteiger partial charge in [-0.2, -0.15) is 0 Å². The molecular weight excluding hydrogens is 324 g/mol. The van der Waals surface area contributed by atoms with Gasteiger partial charge in [-0.25, -0.2) is 9.59 Å². The van der Waals surface area contributed by atoms with Crippen molar-refractivity contribution < 1.29 is 24.2 Å². The van der Waals surface area contributed by atoms with Gasteiger partial charge in [0.25, 0.3) is 0 Å². The number of anilines is 1. The molecule has 7 nitrogen and oxygen atoms in total. The fourth-order valence-corrected chi connectivity index (χ4v) is 3.44. The van der Waals surface area contributed by atoms with Crippen molar-refractivity contribution in [3.63, 3.8) is 0 Å². The molecule has 2 aliphatic rings. The number of hydrogen-bond donors (Lipinski definition) is 2. The molecule has 2 N–H and O–H groups in total. The Labute approximate surface area is 146 Å². The normalized spacial score (nSPS) is 18.7. The van der Waals surface area contributed by atoms with Gasteiger partial charge in [-0.05, 0) is 57.4 Å². The summed E-state index contributed by atoms with van der Waals surface area (Å²) >= 11 is 0. The highest BCUT2D eigenvalue weighted by molar-refractivity contribution is 6.07. The summed E-state index contributed by atoms with van der Waals surface area (Å²) in [5.74, 6) is -1.16. The Hall–Kier alpha value is -2.57. The van der Waals surface area contributed by atoms with Crippen LogP contribution < -0.4 is 5.32 Å². The zero-order chi connectivity index (χ0) is 18.4. The quantitative estimate of drug-likeness (QED) is 0.815. The predicted octanol–water partition coefficient (Wildman–Crippen LogP) is 2.61. The summed E-state index contributed by atoms with van der Waals surface area (Å²) in [7, 11) is 0. The molecule has 2 heterocycles. The van der Waals surface area contributed by atoms with E-state index < -0.39 is 17.0 Å². The number of likely N-dealkylation sites (tertiary alicyclic amines) is 1. The molecule has 1 aromatic carbocycles. The van der Waals surface area contributed by atoms with Crippen LogP contribution >= 0.6 is 0 Å². The first-order valence-electron chi connectivity index (χ1n) is 8.30. The second-order valence-electron chi connectivity index (χ2n) is 7.57. The van der Waals surface area contributed by atoms with Gasteiger partial charge in [-0.1, -0.05) is 0 Å². The molecule has 0 radical (unpaired) electrons. The molecule has 0 unspecified atom stereocenters. The number of hydrogen-bond acceptors (Lipinski definition) is 4. The fourth-order valence-electron chi connectivity index (χ4n) is 3.44. The van der Waals surface area contributed by atoms with Gasteiger partial charge >= 0.3 is 12.1 Å². The molecule has 134 valence electrons. The summed E-state index contributed by atoms with van der Waals surface area (Å²) in [5.41, 5.74) is 0.172. The maximum Gasteiger partial charge on any atom is 0.410 e. The summed E-state index contributed by atoms with van der Waals surface area (Å²) in [4.78, 5) is 37.7. The third-order valence-corrected chi connectivity index (χ3v) is 4.73. The van der Waals surface area contributed by atoms with Crippen molar-refractivity contribution in [2.24, 2.45) is 0 Å². The van der Waals surface area contributed by atoms with E-state index in [1.165, 1.54) is 6.07 Å². The smallest absolute Gasteiger partial charge is 0.410 e. The van der Waals surface area contributed by atoms with E-state index >= 15 is 0 Å². The van der Waals surface area contributed by atoms with Crippen LogP contribution in [0, 0.1) is 0 Å². The van der Waals surface area contributed by atoms with E-state index in [1.807, 2.05) is 20.8 Å². The van der Waals surface area contributed by atoms with E-state index in [9.17, 15) is 19.5 Å². The number of nitrogens with zero attached hydrogens (tertiary/aromatic N) is 1. The van der Waals surface area contributed by atoms with Crippen molar-refractivity contribution in [2.75, 3.05) is 18.4 Å². The Kier molecular flexibility index (Phi) is 3.97. The molecule has 1 aromatic rings. The van der Waals surface area contributed by atoms with Crippen LogP contribution in [0.4, 0.5) is 10.5 Å². The number of piperidine rings is 1. The number of benzene rings is 1. The molecule has 25 heavy (non-hydrogen) atoms. The Balaban J connectivity index is 1.82. The second kappa shape index (κ2) is 5.75. The van der Waals surface area contributed by atoms with Gasteiger partial charge in [0.2, 0.25) is 5.91 Å². The van der Waals surface area contributed by atoms with E-state index in [2.05, 4.69) is 5.32 Å². The van der Waals surface area contributed by atoms with Crippen LogP contribution in [0.1, 0.15) is 49.5 Å². The minimum atomic E-state index is -1.02. The molecule has 2 aliphatic heterocycles. The Morgan fingerprint density at radius 1 is 1.24 bits per heavy atom. The first-order chi connectivity index (χ1) is 11.6. The van der Waals surface area contributed by atoms with Gasteiger partial charge in [-0.3, -0.25) is 4.79 Å². The van der Waals surface area contributed by atoms with Gasteiger partial charge in [0.05, 0.1) is 11.0 Å². The number of carbonyl (C=O) groups excluding carboxylic acids is 2. The third kappa shape index (κ3) is 3.06. The lowest BCUT2D eigenvalue weighted by Gasteiger charge is -2.38. The first-order valence-corrected chi connectivity index (χ1v) is 8.30. The van der Waals surface area contributed by atoms with E-state index in [4.69, 9.17) is 4.74 Å². The van der Waals surface area contributed by atoms with Gasteiger partial charge in [0.15, 0.2) is 0 Å². The summed E-state index contributed by atoms with van der Waals surface area (Å²) in [6.45, 7) is 6.21. The number of fused-ring (bicyclic) bond motifs is 2. The van der Waals surface area contributed by atoms with Crippen LogP contribution in [0.5, 0.6) is 0 Å². The highest BCUT2D eigenvalue weighted by Gasteiger charge is 2.49. The highest BCUT2D eigenvalue weighted by Crippen LogP contribution is 2.45. The van der Waals surface area contributed by atoms with E-state index in [1.54, 1.807) is 17.0 Å². The van der Waals surface area contributed by atoms with Crippen LogP contribution in [0.25, 0.3) is 0 Å². The summed E-state index contributed by atoms with van der Waals surface area (Å²) in [6.07, 6.45) is 0.489. The molecule has 0 aliphatic carbocycles. The SMILES string of the molecule is CC(C)(C)OC(=O)N1CCC2(CC1)C(=O)Nc1ccc(C(=O)O)cc12. The molecule has 7 heteroatoms. The minimum Gasteiger partial charge on any atom is -0.478 e. The van der Waals surface area contributed by atoms with Crippen molar-refractivity contribution in [1.29, 1.82) is 0 Å². The lowest BCUT2D eigenvalue weighted by atomic mass is 9.73. The Morgan fingerprint density at radius 3 is 2.44 bits per heavy atom. The Bertz CT molecular complexity index is 742. The number of carbonyl (C=O) groups is 3. The topological polar surface area (TPSA) is 95.9 Å². The molecule has 1 fully saturated rings. The third-order valence-electron chi connectivity index (χ3n) is 4.73. The second-order valence-corrected chi connectivity index (χ2v) is 7.57. The number of amides is 2. The van der Waals surface area contributed by atoms with Crippen molar-refractivity contribution in [3.8, 4) is 0 Å². The van der Waals surface area contributed by atoms with Gasteiger partial charge in [0, 0.05) is 18.8 Å². The fraction of sp³-hybridized carbons (Fsp3) is 0.500. The number of carboxylic acids is 1. The molecule has 3 rings (SSSR count). The molecule has 1 saturated heterocycles. The minimum absolute atomic E-state index is 0.131. The molecule has 2 amide bonds. The molecule has 0 saturated carbocycles. The first kappa shape index (κ1) is 17.3.